The topological polar surface area (TPSA) is 77.6 Å². The van der Waals surface area contributed by atoms with Gasteiger partial charge in [-0.05, 0) is 24.0 Å². The first kappa shape index (κ1) is 18.0. The minimum absolute atomic E-state index is 0.364. The fourth-order valence-electron chi connectivity index (χ4n) is 3.79. The third-order valence-electron chi connectivity index (χ3n) is 5.39. The number of rotatable bonds is 5. The molecule has 0 unspecified atom stereocenters. The number of hydrogen-bond donors (Lipinski definition) is 2. The fraction of sp³-hybridized carbons (Fsp3) is 0.227. The maximum atomic E-state index is 13.1. The van der Waals surface area contributed by atoms with E-state index in [1.165, 1.54) is 5.56 Å². The number of aromatic nitrogens is 1. The van der Waals surface area contributed by atoms with Gasteiger partial charge >= 0.3 is 6.03 Å². The number of hydrogen-bond acceptors (Lipinski definition) is 3. The number of aryl methyl sites for hydroxylation is 1. The fourth-order valence-corrected chi connectivity index (χ4v) is 3.79. The number of carbonyl (C=O) groups excluding carboxylic acids is 2. The van der Waals surface area contributed by atoms with Gasteiger partial charge in [0.1, 0.15) is 5.54 Å². The molecule has 1 fully saturated rings. The van der Waals surface area contributed by atoms with Gasteiger partial charge in [0.25, 0.3) is 5.91 Å². The number of para-hydroxylation sites is 1. The lowest BCUT2D eigenvalue weighted by atomic mass is 9.87. The molecule has 2 N–H and O–H groups in total. The van der Waals surface area contributed by atoms with E-state index in [9.17, 15) is 9.59 Å². The number of H-pyrrole nitrogens is 1. The number of amides is 3. The van der Waals surface area contributed by atoms with Crippen LogP contribution in [0.1, 0.15) is 37.0 Å². The molecule has 28 heavy (non-hydrogen) atoms. The number of hydrazone groups is 1. The van der Waals surface area contributed by atoms with Crippen molar-refractivity contribution in [3.8, 4) is 0 Å². The van der Waals surface area contributed by atoms with Crippen LogP contribution in [-0.4, -0.2) is 28.1 Å². The van der Waals surface area contributed by atoms with Crippen LogP contribution in [-0.2, 0) is 16.8 Å². The molecule has 2 heterocycles. The third kappa shape index (κ3) is 2.69. The molecule has 3 aromatic rings. The van der Waals surface area contributed by atoms with E-state index in [0.717, 1.165) is 33.5 Å². The van der Waals surface area contributed by atoms with Crippen molar-refractivity contribution < 1.29 is 9.59 Å². The largest absolute Gasteiger partial charge is 0.360 e. The van der Waals surface area contributed by atoms with Crippen LogP contribution in [0, 0.1) is 0 Å². The molecule has 0 radical (unpaired) electrons. The van der Waals surface area contributed by atoms with Gasteiger partial charge < -0.3 is 10.3 Å². The molecule has 0 saturated carbocycles. The molecule has 6 nitrogen and oxygen atoms in total. The summed E-state index contributed by atoms with van der Waals surface area (Å²) in [4.78, 5) is 28.9. The van der Waals surface area contributed by atoms with E-state index in [0.29, 0.717) is 6.42 Å². The van der Waals surface area contributed by atoms with E-state index in [1.807, 2.05) is 55.6 Å². The van der Waals surface area contributed by atoms with Crippen LogP contribution in [0.2, 0.25) is 0 Å². The van der Waals surface area contributed by atoms with Crippen LogP contribution < -0.4 is 5.32 Å². The van der Waals surface area contributed by atoms with Crippen LogP contribution >= 0.6 is 0 Å². The van der Waals surface area contributed by atoms with Crippen LogP contribution in [0.25, 0.3) is 10.9 Å². The Balaban J connectivity index is 1.67. The summed E-state index contributed by atoms with van der Waals surface area (Å²) in [7, 11) is 0. The monoisotopic (exact) mass is 374 g/mol. The Morgan fingerprint density at radius 3 is 2.57 bits per heavy atom. The Labute approximate surface area is 163 Å². The molecule has 3 amide bonds. The number of nitrogens with zero attached hydrogens (tertiary/aromatic N) is 2. The third-order valence-corrected chi connectivity index (χ3v) is 5.39. The predicted molar refractivity (Wildman–Crippen MR) is 109 cm³/mol. The minimum Gasteiger partial charge on any atom is -0.360 e. The van der Waals surface area contributed by atoms with Crippen molar-refractivity contribution in [1.82, 2.24) is 15.3 Å². The number of urea groups is 1. The van der Waals surface area contributed by atoms with Crippen LogP contribution in [0.3, 0.4) is 0 Å². The summed E-state index contributed by atoms with van der Waals surface area (Å²) in [5.74, 6) is -0.364. The molecule has 1 atom stereocenters. The maximum Gasteiger partial charge on any atom is 0.346 e. The van der Waals surface area contributed by atoms with Gasteiger partial charge in [-0.15, -0.1) is 5.01 Å². The zero-order valence-electron chi connectivity index (χ0n) is 15.9. The number of benzene rings is 2. The van der Waals surface area contributed by atoms with Gasteiger partial charge in [0.05, 0.1) is 6.21 Å². The van der Waals surface area contributed by atoms with E-state index < -0.39 is 11.6 Å². The summed E-state index contributed by atoms with van der Waals surface area (Å²) < 4.78 is 0. The normalized spacial score (nSPS) is 19.7. The van der Waals surface area contributed by atoms with E-state index in [2.05, 4.69) is 28.4 Å². The number of imide groups is 1. The lowest BCUT2D eigenvalue weighted by Gasteiger charge is -2.24. The molecule has 4 rings (SSSR count). The Morgan fingerprint density at radius 1 is 1.07 bits per heavy atom. The SMILES string of the molecule is CCc1cccc2c(/C=N/N3C(=O)N[C@@](CC)(c4ccccc4)C3=O)c[nH]c12. The number of nitrogens with one attached hydrogen (secondary N) is 2. The highest BCUT2D eigenvalue weighted by Crippen LogP contribution is 2.32. The summed E-state index contributed by atoms with van der Waals surface area (Å²) >= 11 is 0. The molecule has 1 aliphatic rings. The van der Waals surface area contributed by atoms with Crippen molar-refractivity contribution in [3.63, 3.8) is 0 Å². The molecule has 0 aliphatic carbocycles. The number of aromatic amines is 1. The van der Waals surface area contributed by atoms with Crippen molar-refractivity contribution >= 4 is 29.1 Å². The van der Waals surface area contributed by atoms with Crippen LogP contribution in [0.4, 0.5) is 4.79 Å². The molecule has 142 valence electrons. The van der Waals surface area contributed by atoms with Crippen molar-refractivity contribution in [1.29, 1.82) is 0 Å². The quantitative estimate of drug-likeness (QED) is 0.524. The van der Waals surface area contributed by atoms with E-state index in [-0.39, 0.29) is 5.91 Å². The summed E-state index contributed by atoms with van der Waals surface area (Å²) in [6.07, 6.45) is 4.76. The average Bonchev–Trinajstić information content (AvgIpc) is 3.26. The number of carbonyl (C=O) groups is 2. The first-order chi connectivity index (χ1) is 13.6. The van der Waals surface area contributed by atoms with Gasteiger partial charge in [-0.1, -0.05) is 62.4 Å². The molecule has 6 heteroatoms. The summed E-state index contributed by atoms with van der Waals surface area (Å²) in [5, 5.41) is 9.01. The standard InChI is InChI=1S/C22H22N4O2/c1-3-15-9-8-12-18-16(13-23-19(15)18)14-24-26-20(27)22(4-2,25-21(26)28)17-10-6-5-7-11-17/h5-14,23H,3-4H2,1-2H3,(H,25,28)/b24-14+/t22-/m0/s1. The molecule has 2 aromatic carbocycles. The first-order valence-corrected chi connectivity index (χ1v) is 9.46. The van der Waals surface area contributed by atoms with Crippen molar-refractivity contribution in [3.05, 3.63) is 71.4 Å². The van der Waals surface area contributed by atoms with Crippen molar-refractivity contribution in [2.75, 3.05) is 0 Å². The summed E-state index contributed by atoms with van der Waals surface area (Å²) in [6.45, 7) is 3.98. The van der Waals surface area contributed by atoms with Gasteiger partial charge in [-0.2, -0.15) is 5.10 Å². The average molecular weight is 374 g/mol. The Kier molecular flexibility index (Phi) is 4.47. The second-order valence-corrected chi connectivity index (χ2v) is 6.85. The smallest absolute Gasteiger partial charge is 0.346 e. The predicted octanol–water partition coefficient (Wildman–Crippen LogP) is 3.92. The Bertz CT molecular complexity index is 1070. The maximum absolute atomic E-state index is 13.1. The molecule has 0 spiro atoms. The number of fused-ring (bicyclic) bond motifs is 1. The Morgan fingerprint density at radius 2 is 1.86 bits per heavy atom. The van der Waals surface area contributed by atoms with Gasteiger partial charge in [0.15, 0.2) is 0 Å². The minimum atomic E-state index is -1.08. The van der Waals surface area contributed by atoms with Crippen LogP contribution in [0.5, 0.6) is 0 Å². The molecule has 0 bridgehead atoms. The molecule has 1 aliphatic heterocycles. The van der Waals surface area contributed by atoms with Gasteiger partial charge in [0, 0.05) is 22.7 Å². The lowest BCUT2D eigenvalue weighted by molar-refractivity contribution is -0.131. The van der Waals surface area contributed by atoms with E-state index in [1.54, 1.807) is 6.21 Å². The summed E-state index contributed by atoms with van der Waals surface area (Å²) in [5.41, 5.74) is 2.77. The highest BCUT2D eigenvalue weighted by atomic mass is 16.2. The molecular weight excluding hydrogens is 352 g/mol. The highest BCUT2D eigenvalue weighted by Gasteiger charge is 2.51. The Hall–Kier alpha value is -3.41. The second-order valence-electron chi connectivity index (χ2n) is 6.85. The molecule has 1 aromatic heterocycles. The van der Waals surface area contributed by atoms with Crippen molar-refractivity contribution in [2.24, 2.45) is 5.10 Å². The zero-order valence-corrected chi connectivity index (χ0v) is 15.9. The van der Waals surface area contributed by atoms with Gasteiger partial charge in [-0.3, -0.25) is 4.79 Å². The van der Waals surface area contributed by atoms with Crippen LogP contribution in [0.15, 0.2) is 59.8 Å². The molecule has 1 saturated heterocycles. The zero-order chi connectivity index (χ0) is 19.7. The van der Waals surface area contributed by atoms with E-state index in [4.69, 9.17) is 0 Å². The van der Waals surface area contributed by atoms with E-state index >= 15 is 0 Å². The second kappa shape index (κ2) is 6.96. The molecular formula is C22H22N4O2. The highest BCUT2D eigenvalue weighted by molar-refractivity contribution is 6.08. The lowest BCUT2D eigenvalue weighted by Crippen LogP contribution is -2.43. The van der Waals surface area contributed by atoms with Crippen molar-refractivity contribution in [2.45, 2.75) is 32.2 Å². The van der Waals surface area contributed by atoms with Gasteiger partial charge in [0.2, 0.25) is 0 Å². The first-order valence-electron chi connectivity index (χ1n) is 9.46. The summed E-state index contributed by atoms with van der Waals surface area (Å²) in [6, 6.07) is 14.8. The van der Waals surface area contributed by atoms with Gasteiger partial charge in [-0.25, -0.2) is 4.79 Å².